The largest absolute Gasteiger partial charge is 0.340 e. The molecule has 6 nitrogen and oxygen atoms in total. The molecule has 5 aliphatic rings. The van der Waals surface area contributed by atoms with E-state index in [2.05, 4.69) is 19.9 Å². The maximum absolute atomic E-state index is 13.0. The molecular formula is C20H30N4O2. The fraction of sp³-hybridized carbons (Fsp3) is 0.850. The minimum absolute atomic E-state index is 0.352. The van der Waals surface area contributed by atoms with E-state index in [-0.39, 0.29) is 0 Å². The fourth-order valence-electron chi connectivity index (χ4n) is 6.70. The first kappa shape index (κ1) is 16.7. The van der Waals surface area contributed by atoms with Crippen molar-refractivity contribution in [1.29, 1.82) is 0 Å². The van der Waals surface area contributed by atoms with Gasteiger partial charge in [-0.25, -0.2) is 0 Å². The summed E-state index contributed by atoms with van der Waals surface area (Å²) in [7, 11) is 0. The Labute approximate surface area is 155 Å². The standard InChI is InChI=1S/C20H30N4O2/c1-14-21-18(22-26-14)13-23-2-4-24(5-3-23)19(25)12-20-9-15-6-16(10-20)8-17(7-15)11-20/h15-17H,2-13H2,1H3. The lowest BCUT2D eigenvalue weighted by molar-refractivity contribution is -0.141. The van der Waals surface area contributed by atoms with Crippen LogP contribution >= 0.6 is 0 Å². The summed E-state index contributed by atoms with van der Waals surface area (Å²) in [6.07, 6.45) is 9.11. The molecule has 0 aromatic carbocycles. The molecule has 1 aromatic heterocycles. The lowest BCUT2D eigenvalue weighted by atomic mass is 9.49. The average Bonchev–Trinajstić information content (AvgIpc) is 2.98. The Morgan fingerprint density at radius 2 is 1.69 bits per heavy atom. The lowest BCUT2D eigenvalue weighted by Gasteiger charge is -2.57. The molecule has 1 aromatic rings. The second-order valence-corrected chi connectivity index (χ2v) is 9.48. The van der Waals surface area contributed by atoms with Gasteiger partial charge in [0.05, 0.1) is 6.54 Å². The zero-order valence-electron chi connectivity index (χ0n) is 15.8. The van der Waals surface area contributed by atoms with Crippen LogP contribution in [0.4, 0.5) is 0 Å². The number of amides is 1. The molecule has 0 unspecified atom stereocenters. The quantitative estimate of drug-likeness (QED) is 0.828. The number of piperazine rings is 1. The van der Waals surface area contributed by atoms with Gasteiger partial charge in [0.1, 0.15) is 0 Å². The average molecular weight is 358 g/mol. The first-order valence-corrected chi connectivity index (χ1v) is 10.4. The predicted octanol–water partition coefficient (Wildman–Crippen LogP) is 2.63. The van der Waals surface area contributed by atoms with E-state index in [4.69, 9.17) is 4.52 Å². The molecule has 142 valence electrons. The van der Waals surface area contributed by atoms with E-state index in [1.54, 1.807) is 0 Å². The van der Waals surface area contributed by atoms with E-state index in [1.807, 2.05) is 6.92 Å². The molecule has 0 radical (unpaired) electrons. The van der Waals surface area contributed by atoms with Gasteiger partial charge in [-0.2, -0.15) is 4.98 Å². The number of hydrogen-bond acceptors (Lipinski definition) is 5. The van der Waals surface area contributed by atoms with E-state index in [9.17, 15) is 4.79 Å². The van der Waals surface area contributed by atoms with Crippen molar-refractivity contribution < 1.29 is 9.32 Å². The second-order valence-electron chi connectivity index (χ2n) is 9.48. The highest BCUT2D eigenvalue weighted by Gasteiger charge is 2.51. The highest BCUT2D eigenvalue weighted by molar-refractivity contribution is 5.77. The maximum Gasteiger partial charge on any atom is 0.223 e. The zero-order valence-corrected chi connectivity index (χ0v) is 15.8. The maximum atomic E-state index is 13.0. The van der Waals surface area contributed by atoms with Gasteiger partial charge in [-0.15, -0.1) is 0 Å². The summed E-state index contributed by atoms with van der Waals surface area (Å²) in [5.41, 5.74) is 0.352. The van der Waals surface area contributed by atoms with Gasteiger partial charge in [0, 0.05) is 39.5 Å². The third-order valence-corrected chi connectivity index (χ3v) is 7.35. The molecule has 0 N–H and O–H groups in total. The van der Waals surface area contributed by atoms with Gasteiger partial charge in [-0.05, 0) is 61.7 Å². The number of aromatic nitrogens is 2. The molecule has 0 spiro atoms. The summed E-state index contributed by atoms with van der Waals surface area (Å²) in [5.74, 6) is 4.53. The van der Waals surface area contributed by atoms with Crippen molar-refractivity contribution in [3.63, 3.8) is 0 Å². The van der Waals surface area contributed by atoms with Crippen LogP contribution in [0.3, 0.4) is 0 Å². The summed E-state index contributed by atoms with van der Waals surface area (Å²) in [6.45, 7) is 6.01. The van der Waals surface area contributed by atoms with Crippen LogP contribution in [-0.2, 0) is 11.3 Å². The van der Waals surface area contributed by atoms with Crippen LogP contribution in [0.15, 0.2) is 4.52 Å². The Bertz CT molecular complexity index is 642. The number of rotatable bonds is 4. The minimum Gasteiger partial charge on any atom is -0.340 e. The second kappa shape index (κ2) is 6.32. The van der Waals surface area contributed by atoms with Crippen LogP contribution in [0.2, 0.25) is 0 Å². The number of carbonyl (C=O) groups excluding carboxylic acids is 1. The van der Waals surface area contributed by atoms with Crippen LogP contribution in [0, 0.1) is 30.1 Å². The molecule has 6 heteroatoms. The molecule has 1 amide bonds. The molecule has 6 rings (SSSR count). The van der Waals surface area contributed by atoms with Crippen molar-refractivity contribution in [1.82, 2.24) is 19.9 Å². The monoisotopic (exact) mass is 358 g/mol. The smallest absolute Gasteiger partial charge is 0.223 e. The Hall–Kier alpha value is -1.43. The Balaban J connectivity index is 1.15. The van der Waals surface area contributed by atoms with Crippen LogP contribution in [0.1, 0.15) is 56.7 Å². The van der Waals surface area contributed by atoms with Crippen LogP contribution in [0.25, 0.3) is 0 Å². The Kier molecular flexibility index (Phi) is 4.07. The minimum atomic E-state index is 0.352. The summed E-state index contributed by atoms with van der Waals surface area (Å²) in [6, 6.07) is 0. The molecule has 4 saturated carbocycles. The van der Waals surface area contributed by atoms with E-state index >= 15 is 0 Å². The normalized spacial score (nSPS) is 36.7. The van der Waals surface area contributed by atoms with Crippen molar-refractivity contribution in [2.24, 2.45) is 23.2 Å². The SMILES string of the molecule is Cc1nc(CN2CCN(C(=O)CC34CC5CC(CC(C5)C3)C4)CC2)no1. The van der Waals surface area contributed by atoms with Gasteiger partial charge in [0.15, 0.2) is 5.82 Å². The highest BCUT2D eigenvalue weighted by atomic mass is 16.5. The molecule has 4 bridgehead atoms. The highest BCUT2D eigenvalue weighted by Crippen LogP contribution is 2.61. The van der Waals surface area contributed by atoms with E-state index in [0.717, 1.165) is 56.2 Å². The van der Waals surface area contributed by atoms with Crippen molar-refractivity contribution in [3.8, 4) is 0 Å². The topological polar surface area (TPSA) is 62.5 Å². The van der Waals surface area contributed by atoms with Crippen molar-refractivity contribution in [2.75, 3.05) is 26.2 Å². The molecule has 5 fully saturated rings. The van der Waals surface area contributed by atoms with E-state index in [1.165, 1.54) is 38.5 Å². The van der Waals surface area contributed by atoms with Crippen LogP contribution in [0.5, 0.6) is 0 Å². The molecule has 1 saturated heterocycles. The predicted molar refractivity (Wildman–Crippen MR) is 96.1 cm³/mol. The van der Waals surface area contributed by atoms with Gasteiger partial charge in [-0.1, -0.05) is 5.16 Å². The molecule has 2 heterocycles. The molecule has 0 atom stereocenters. The van der Waals surface area contributed by atoms with Crippen molar-refractivity contribution >= 4 is 5.91 Å². The molecule has 1 aliphatic heterocycles. The summed E-state index contributed by atoms with van der Waals surface area (Å²) >= 11 is 0. The van der Waals surface area contributed by atoms with Crippen molar-refractivity contribution in [2.45, 2.75) is 58.4 Å². The van der Waals surface area contributed by atoms with E-state index in [0.29, 0.717) is 23.8 Å². The first-order chi connectivity index (χ1) is 12.6. The lowest BCUT2D eigenvalue weighted by Crippen LogP contribution is -2.52. The zero-order chi connectivity index (χ0) is 17.7. The first-order valence-electron chi connectivity index (χ1n) is 10.4. The number of aryl methyl sites for hydroxylation is 1. The van der Waals surface area contributed by atoms with Gasteiger partial charge in [0.2, 0.25) is 11.8 Å². The summed E-state index contributed by atoms with van der Waals surface area (Å²) in [5, 5.41) is 3.98. The van der Waals surface area contributed by atoms with Crippen LogP contribution < -0.4 is 0 Å². The van der Waals surface area contributed by atoms with Gasteiger partial charge >= 0.3 is 0 Å². The van der Waals surface area contributed by atoms with E-state index < -0.39 is 0 Å². The summed E-state index contributed by atoms with van der Waals surface area (Å²) in [4.78, 5) is 21.7. The molecular weight excluding hydrogens is 328 g/mol. The number of hydrogen-bond donors (Lipinski definition) is 0. The number of carbonyl (C=O) groups is 1. The van der Waals surface area contributed by atoms with Crippen LogP contribution in [-0.4, -0.2) is 52.0 Å². The Morgan fingerprint density at radius 1 is 1.08 bits per heavy atom. The van der Waals surface area contributed by atoms with Gasteiger partial charge < -0.3 is 9.42 Å². The Morgan fingerprint density at radius 3 is 2.23 bits per heavy atom. The number of nitrogens with zero attached hydrogens (tertiary/aromatic N) is 4. The van der Waals surface area contributed by atoms with Gasteiger partial charge in [0.25, 0.3) is 0 Å². The molecule has 4 aliphatic carbocycles. The fourth-order valence-corrected chi connectivity index (χ4v) is 6.70. The molecule has 26 heavy (non-hydrogen) atoms. The third-order valence-electron chi connectivity index (χ3n) is 7.35. The summed E-state index contributed by atoms with van der Waals surface area (Å²) < 4.78 is 5.05. The van der Waals surface area contributed by atoms with Crippen molar-refractivity contribution in [3.05, 3.63) is 11.7 Å². The third kappa shape index (κ3) is 3.17. The van der Waals surface area contributed by atoms with Gasteiger partial charge in [-0.3, -0.25) is 9.69 Å².